The van der Waals surface area contributed by atoms with E-state index < -0.39 is 0 Å². The van der Waals surface area contributed by atoms with Crippen molar-refractivity contribution in [3.63, 3.8) is 0 Å². The molecule has 3 heteroatoms. The summed E-state index contributed by atoms with van der Waals surface area (Å²) in [6.45, 7) is 5.55. The summed E-state index contributed by atoms with van der Waals surface area (Å²) in [5.41, 5.74) is 1.35. The smallest absolute Gasteiger partial charge is 0.137 e. The van der Waals surface area contributed by atoms with Crippen molar-refractivity contribution in [1.29, 1.82) is 0 Å². The summed E-state index contributed by atoms with van der Waals surface area (Å²) in [4.78, 5) is 4.35. The van der Waals surface area contributed by atoms with Crippen LogP contribution in [0.15, 0.2) is 18.5 Å². The van der Waals surface area contributed by atoms with Crippen LogP contribution in [0.1, 0.15) is 57.4 Å². The Labute approximate surface area is 123 Å². The number of ether oxygens (including phenoxy) is 1. The molecule has 1 aromatic rings. The van der Waals surface area contributed by atoms with Gasteiger partial charge in [-0.1, -0.05) is 33.1 Å². The highest BCUT2D eigenvalue weighted by molar-refractivity contribution is 5.27. The van der Waals surface area contributed by atoms with Crippen molar-refractivity contribution in [2.45, 2.75) is 57.9 Å². The van der Waals surface area contributed by atoms with Crippen LogP contribution in [0.4, 0.5) is 0 Å². The molecule has 0 spiro atoms. The quantitative estimate of drug-likeness (QED) is 0.832. The summed E-state index contributed by atoms with van der Waals surface area (Å²) in [6.07, 6.45) is 10.5. The van der Waals surface area contributed by atoms with E-state index in [0.29, 0.717) is 17.9 Å². The van der Waals surface area contributed by atoms with Gasteiger partial charge in [0.1, 0.15) is 5.75 Å². The minimum absolute atomic E-state index is 0.558. The van der Waals surface area contributed by atoms with E-state index in [2.05, 4.69) is 30.2 Å². The lowest BCUT2D eigenvalue weighted by Crippen LogP contribution is -2.31. The summed E-state index contributed by atoms with van der Waals surface area (Å²) in [5.74, 6) is 2.21. The van der Waals surface area contributed by atoms with Crippen LogP contribution < -0.4 is 10.1 Å². The summed E-state index contributed by atoms with van der Waals surface area (Å²) in [5, 5.41) is 3.62. The first kappa shape index (κ1) is 15.3. The van der Waals surface area contributed by atoms with Gasteiger partial charge in [-0.15, -0.1) is 0 Å². The van der Waals surface area contributed by atoms with E-state index in [0.717, 1.165) is 12.3 Å². The fourth-order valence-corrected chi connectivity index (χ4v) is 3.20. The summed E-state index contributed by atoms with van der Waals surface area (Å²) >= 11 is 0. The Morgan fingerprint density at radius 3 is 2.80 bits per heavy atom. The number of aromatic nitrogens is 1. The Hall–Kier alpha value is -1.09. The zero-order valence-electron chi connectivity index (χ0n) is 13.1. The molecule has 1 N–H and O–H groups in total. The summed E-state index contributed by atoms with van der Waals surface area (Å²) in [6, 6.07) is 2.73. The van der Waals surface area contributed by atoms with E-state index in [4.69, 9.17) is 4.74 Å². The molecule has 1 saturated carbocycles. The van der Waals surface area contributed by atoms with Crippen molar-refractivity contribution in [2.75, 3.05) is 13.7 Å². The zero-order valence-corrected chi connectivity index (χ0v) is 13.1. The van der Waals surface area contributed by atoms with Gasteiger partial charge < -0.3 is 10.1 Å². The number of hydrogen-bond acceptors (Lipinski definition) is 3. The van der Waals surface area contributed by atoms with Crippen LogP contribution in [-0.2, 0) is 0 Å². The van der Waals surface area contributed by atoms with Gasteiger partial charge in [-0.2, -0.15) is 0 Å². The molecule has 2 unspecified atom stereocenters. The molecule has 0 radical (unpaired) electrons. The zero-order chi connectivity index (χ0) is 14.4. The fraction of sp³-hybridized carbons (Fsp3) is 0.706. The Balaban J connectivity index is 2.14. The average Bonchev–Trinajstić information content (AvgIpc) is 2.70. The van der Waals surface area contributed by atoms with Gasteiger partial charge in [0.05, 0.1) is 13.3 Å². The predicted octanol–water partition coefficient (Wildman–Crippen LogP) is 3.75. The van der Waals surface area contributed by atoms with Crippen LogP contribution in [0.3, 0.4) is 0 Å². The monoisotopic (exact) mass is 276 g/mol. The first-order valence-corrected chi connectivity index (χ1v) is 7.93. The van der Waals surface area contributed by atoms with Gasteiger partial charge in [-0.3, -0.25) is 4.98 Å². The first-order valence-electron chi connectivity index (χ1n) is 7.93. The number of hydrogen-bond donors (Lipinski definition) is 1. The van der Waals surface area contributed by atoms with Gasteiger partial charge in [0.25, 0.3) is 0 Å². The molecule has 0 aromatic carbocycles. The minimum atomic E-state index is 0.558. The molecule has 0 aliphatic heterocycles. The van der Waals surface area contributed by atoms with Gasteiger partial charge in [0.2, 0.25) is 0 Å². The molecule has 1 aromatic heterocycles. The largest absolute Gasteiger partial charge is 0.495 e. The Bertz CT molecular complexity index is 406. The summed E-state index contributed by atoms with van der Waals surface area (Å²) in [7, 11) is 1.71. The van der Waals surface area contributed by atoms with Crippen LogP contribution in [0.5, 0.6) is 5.75 Å². The molecule has 0 saturated heterocycles. The van der Waals surface area contributed by atoms with E-state index in [1.165, 1.54) is 37.7 Å². The SMILES string of the molecule is COc1cncc(C2CCCCCC2CNC(C)C)c1. The van der Waals surface area contributed by atoms with E-state index in [1.54, 1.807) is 13.3 Å². The maximum atomic E-state index is 5.33. The molecule has 112 valence electrons. The molecule has 20 heavy (non-hydrogen) atoms. The average molecular weight is 276 g/mol. The predicted molar refractivity (Wildman–Crippen MR) is 83.2 cm³/mol. The molecule has 0 bridgehead atoms. The summed E-state index contributed by atoms with van der Waals surface area (Å²) < 4.78 is 5.33. The molecule has 1 aliphatic rings. The van der Waals surface area contributed by atoms with Gasteiger partial charge in [-0.05, 0) is 42.9 Å². The van der Waals surface area contributed by atoms with Crippen LogP contribution in [-0.4, -0.2) is 24.7 Å². The minimum Gasteiger partial charge on any atom is -0.495 e. The molecular formula is C17H28N2O. The van der Waals surface area contributed by atoms with E-state index in [9.17, 15) is 0 Å². The third-order valence-electron chi connectivity index (χ3n) is 4.35. The second-order valence-electron chi connectivity index (χ2n) is 6.23. The van der Waals surface area contributed by atoms with E-state index in [-0.39, 0.29) is 0 Å². The van der Waals surface area contributed by atoms with Crippen molar-refractivity contribution in [1.82, 2.24) is 10.3 Å². The number of pyridine rings is 1. The maximum absolute atomic E-state index is 5.33. The number of nitrogens with zero attached hydrogens (tertiary/aromatic N) is 1. The molecule has 3 nitrogen and oxygen atoms in total. The normalized spacial score (nSPS) is 23.6. The van der Waals surface area contributed by atoms with Crippen LogP contribution in [0.25, 0.3) is 0 Å². The number of rotatable bonds is 5. The molecule has 2 rings (SSSR count). The van der Waals surface area contributed by atoms with Crippen molar-refractivity contribution in [3.8, 4) is 5.75 Å². The highest BCUT2D eigenvalue weighted by Gasteiger charge is 2.25. The molecule has 0 amide bonds. The lowest BCUT2D eigenvalue weighted by Gasteiger charge is -2.27. The second-order valence-corrected chi connectivity index (χ2v) is 6.23. The Morgan fingerprint density at radius 2 is 2.05 bits per heavy atom. The van der Waals surface area contributed by atoms with Crippen molar-refractivity contribution in [2.24, 2.45) is 5.92 Å². The fourth-order valence-electron chi connectivity index (χ4n) is 3.20. The van der Waals surface area contributed by atoms with Gasteiger partial charge >= 0.3 is 0 Å². The molecule has 1 fully saturated rings. The third kappa shape index (κ3) is 4.20. The standard InChI is InChI=1S/C17H28N2O/c1-13(2)19-11-14-7-5-4-6-8-17(14)15-9-16(20-3)12-18-10-15/h9-10,12-14,17,19H,4-8,11H2,1-3H3. The third-order valence-corrected chi connectivity index (χ3v) is 4.35. The molecule has 1 aliphatic carbocycles. The highest BCUT2D eigenvalue weighted by atomic mass is 16.5. The van der Waals surface area contributed by atoms with E-state index >= 15 is 0 Å². The first-order chi connectivity index (χ1) is 9.70. The number of methoxy groups -OCH3 is 1. The van der Waals surface area contributed by atoms with Crippen molar-refractivity contribution < 1.29 is 4.74 Å². The van der Waals surface area contributed by atoms with Gasteiger partial charge in [-0.25, -0.2) is 0 Å². The second kappa shape index (κ2) is 7.63. The maximum Gasteiger partial charge on any atom is 0.137 e. The topological polar surface area (TPSA) is 34.1 Å². The van der Waals surface area contributed by atoms with Gasteiger partial charge in [0, 0.05) is 12.2 Å². The molecule has 1 heterocycles. The van der Waals surface area contributed by atoms with Crippen molar-refractivity contribution >= 4 is 0 Å². The van der Waals surface area contributed by atoms with E-state index in [1.807, 2.05) is 6.20 Å². The Morgan fingerprint density at radius 1 is 1.25 bits per heavy atom. The Kier molecular flexibility index (Phi) is 5.84. The van der Waals surface area contributed by atoms with Crippen LogP contribution in [0.2, 0.25) is 0 Å². The highest BCUT2D eigenvalue weighted by Crippen LogP contribution is 2.37. The van der Waals surface area contributed by atoms with Crippen molar-refractivity contribution in [3.05, 3.63) is 24.0 Å². The van der Waals surface area contributed by atoms with Crippen LogP contribution >= 0.6 is 0 Å². The van der Waals surface area contributed by atoms with Gasteiger partial charge in [0.15, 0.2) is 0 Å². The van der Waals surface area contributed by atoms with Crippen LogP contribution in [0, 0.1) is 5.92 Å². The number of nitrogens with one attached hydrogen (secondary N) is 1. The lowest BCUT2D eigenvalue weighted by molar-refractivity contribution is 0.360. The molecular weight excluding hydrogens is 248 g/mol. The lowest BCUT2D eigenvalue weighted by atomic mass is 9.83. The molecule has 2 atom stereocenters.